The summed E-state index contributed by atoms with van der Waals surface area (Å²) < 4.78 is 15.3. The number of aromatic nitrogens is 1. The van der Waals surface area contributed by atoms with Crippen molar-refractivity contribution in [3.8, 4) is 0 Å². The van der Waals surface area contributed by atoms with Crippen LogP contribution in [0.25, 0.3) is 0 Å². The molecular formula is C15H17FN2. The van der Waals surface area contributed by atoms with Crippen molar-refractivity contribution in [2.75, 3.05) is 0 Å². The smallest absolute Gasteiger partial charge is 0.123 e. The summed E-state index contributed by atoms with van der Waals surface area (Å²) in [5.74, 6) is -0.169. The van der Waals surface area contributed by atoms with Crippen molar-refractivity contribution in [3.05, 3.63) is 59.7 Å². The van der Waals surface area contributed by atoms with Gasteiger partial charge in [0.15, 0.2) is 0 Å². The Balaban J connectivity index is 1.69. The van der Waals surface area contributed by atoms with Gasteiger partial charge in [-0.25, -0.2) is 4.39 Å². The summed E-state index contributed by atoms with van der Waals surface area (Å²) in [7, 11) is 0. The second-order valence-corrected chi connectivity index (χ2v) is 4.91. The quantitative estimate of drug-likeness (QED) is 0.855. The molecule has 1 aliphatic rings. The highest BCUT2D eigenvalue weighted by molar-refractivity contribution is 5.18. The molecule has 1 aromatic heterocycles. The Morgan fingerprint density at radius 1 is 1.22 bits per heavy atom. The first-order valence-corrected chi connectivity index (χ1v) is 6.43. The summed E-state index contributed by atoms with van der Waals surface area (Å²) in [6.07, 6.45) is 4.64. The Kier molecular flexibility index (Phi) is 3.15. The maximum atomic E-state index is 13.1. The highest BCUT2D eigenvalue weighted by atomic mass is 19.1. The fraction of sp³-hybridized carbons (Fsp3) is 0.333. The maximum Gasteiger partial charge on any atom is 0.123 e. The van der Waals surface area contributed by atoms with Crippen LogP contribution in [0.1, 0.15) is 24.1 Å². The average molecular weight is 244 g/mol. The average Bonchev–Trinajstić information content (AvgIpc) is 3.08. The van der Waals surface area contributed by atoms with Gasteiger partial charge in [0.2, 0.25) is 0 Å². The van der Waals surface area contributed by atoms with Crippen LogP contribution in [0.4, 0.5) is 4.39 Å². The number of hydrogen-bond donors (Lipinski definition) is 1. The molecule has 2 nitrogen and oxygen atoms in total. The van der Waals surface area contributed by atoms with Crippen LogP contribution in [0.15, 0.2) is 42.6 Å². The zero-order valence-electron chi connectivity index (χ0n) is 10.3. The van der Waals surface area contributed by atoms with Gasteiger partial charge in [0.1, 0.15) is 5.82 Å². The third-order valence-corrected chi connectivity index (χ3v) is 3.31. The van der Waals surface area contributed by atoms with Gasteiger partial charge in [0, 0.05) is 31.0 Å². The fourth-order valence-electron chi connectivity index (χ4n) is 2.13. The molecule has 0 bridgehead atoms. The van der Waals surface area contributed by atoms with Crippen LogP contribution in [0, 0.1) is 5.82 Å². The minimum atomic E-state index is -0.169. The Labute approximate surface area is 106 Å². The van der Waals surface area contributed by atoms with Crippen LogP contribution in [-0.2, 0) is 13.1 Å². The number of hydrogen-bond acceptors (Lipinski definition) is 1. The number of benzene rings is 1. The third kappa shape index (κ3) is 2.79. The monoisotopic (exact) mass is 244 g/mol. The van der Waals surface area contributed by atoms with Crippen molar-refractivity contribution in [1.29, 1.82) is 0 Å². The molecule has 2 aromatic rings. The van der Waals surface area contributed by atoms with Crippen LogP contribution in [0.3, 0.4) is 0 Å². The largest absolute Gasteiger partial charge is 0.346 e. The molecule has 18 heavy (non-hydrogen) atoms. The van der Waals surface area contributed by atoms with Crippen LogP contribution in [0.5, 0.6) is 0 Å². The zero-order valence-corrected chi connectivity index (χ0v) is 10.3. The second-order valence-electron chi connectivity index (χ2n) is 4.91. The van der Waals surface area contributed by atoms with Gasteiger partial charge in [-0.3, -0.25) is 0 Å². The van der Waals surface area contributed by atoms with E-state index in [-0.39, 0.29) is 5.82 Å². The third-order valence-electron chi connectivity index (χ3n) is 3.31. The molecule has 0 aliphatic heterocycles. The number of nitrogens with zero attached hydrogens (tertiary/aromatic N) is 1. The molecule has 3 heteroatoms. The van der Waals surface area contributed by atoms with Crippen LogP contribution in [0.2, 0.25) is 0 Å². The molecule has 0 spiro atoms. The zero-order chi connectivity index (χ0) is 12.4. The molecular weight excluding hydrogens is 227 g/mol. The predicted molar refractivity (Wildman–Crippen MR) is 69.8 cm³/mol. The normalized spacial score (nSPS) is 14.9. The summed E-state index contributed by atoms with van der Waals surface area (Å²) >= 11 is 0. The van der Waals surface area contributed by atoms with Gasteiger partial charge in [0.25, 0.3) is 0 Å². The molecule has 1 aliphatic carbocycles. The molecule has 1 aromatic carbocycles. The number of rotatable bonds is 5. The Bertz CT molecular complexity index is 529. The van der Waals surface area contributed by atoms with Crippen molar-refractivity contribution >= 4 is 0 Å². The van der Waals surface area contributed by atoms with Gasteiger partial charge in [0.05, 0.1) is 0 Å². The Morgan fingerprint density at radius 3 is 2.89 bits per heavy atom. The van der Waals surface area contributed by atoms with Gasteiger partial charge in [-0.05, 0) is 42.7 Å². The lowest BCUT2D eigenvalue weighted by atomic mass is 10.2. The van der Waals surface area contributed by atoms with Crippen molar-refractivity contribution in [2.24, 2.45) is 0 Å². The maximum absolute atomic E-state index is 13.1. The van der Waals surface area contributed by atoms with E-state index in [1.54, 1.807) is 12.1 Å². The molecule has 0 radical (unpaired) electrons. The Morgan fingerprint density at radius 2 is 2.11 bits per heavy atom. The van der Waals surface area contributed by atoms with E-state index in [2.05, 4.69) is 22.1 Å². The van der Waals surface area contributed by atoms with Gasteiger partial charge in [-0.2, -0.15) is 0 Å². The number of nitrogens with one attached hydrogen (secondary N) is 1. The van der Waals surface area contributed by atoms with E-state index >= 15 is 0 Å². The summed E-state index contributed by atoms with van der Waals surface area (Å²) in [4.78, 5) is 0. The first-order valence-electron chi connectivity index (χ1n) is 6.43. The topological polar surface area (TPSA) is 17.0 Å². The van der Waals surface area contributed by atoms with Crippen LogP contribution >= 0.6 is 0 Å². The van der Waals surface area contributed by atoms with E-state index in [1.165, 1.54) is 24.6 Å². The molecule has 3 rings (SSSR count). The number of halogens is 1. The van der Waals surface area contributed by atoms with Gasteiger partial charge in [-0.1, -0.05) is 12.1 Å². The van der Waals surface area contributed by atoms with E-state index in [1.807, 2.05) is 12.1 Å². The summed E-state index contributed by atoms with van der Waals surface area (Å²) in [5, 5.41) is 3.50. The second kappa shape index (κ2) is 4.94. The standard InChI is InChI=1S/C15H17FN2/c16-13-4-1-3-12(9-13)11-18-8-2-5-15(18)10-17-14-6-7-14/h1-5,8-9,14,17H,6-7,10-11H2. The van der Waals surface area contributed by atoms with Crippen molar-refractivity contribution < 1.29 is 4.39 Å². The van der Waals surface area contributed by atoms with E-state index in [0.29, 0.717) is 6.04 Å². The first kappa shape index (κ1) is 11.5. The minimum Gasteiger partial charge on any atom is -0.346 e. The van der Waals surface area contributed by atoms with Crippen LogP contribution < -0.4 is 5.32 Å². The molecule has 1 heterocycles. The highest BCUT2D eigenvalue weighted by Crippen LogP contribution is 2.19. The van der Waals surface area contributed by atoms with E-state index in [9.17, 15) is 4.39 Å². The van der Waals surface area contributed by atoms with E-state index < -0.39 is 0 Å². The summed E-state index contributed by atoms with van der Waals surface area (Å²) in [5.41, 5.74) is 2.25. The molecule has 0 atom stereocenters. The molecule has 0 saturated heterocycles. The lowest BCUT2D eigenvalue weighted by molar-refractivity contribution is 0.616. The lowest BCUT2D eigenvalue weighted by Crippen LogP contribution is -2.18. The van der Waals surface area contributed by atoms with Crippen molar-refractivity contribution in [1.82, 2.24) is 9.88 Å². The SMILES string of the molecule is Fc1cccc(Cn2cccc2CNC2CC2)c1. The van der Waals surface area contributed by atoms with E-state index in [4.69, 9.17) is 0 Å². The van der Waals surface area contributed by atoms with Gasteiger partial charge in [-0.15, -0.1) is 0 Å². The first-order chi connectivity index (χ1) is 8.81. The van der Waals surface area contributed by atoms with E-state index in [0.717, 1.165) is 18.7 Å². The van der Waals surface area contributed by atoms with Crippen molar-refractivity contribution in [2.45, 2.75) is 32.0 Å². The summed E-state index contributed by atoms with van der Waals surface area (Å²) in [6.45, 7) is 1.62. The lowest BCUT2D eigenvalue weighted by Gasteiger charge is -2.10. The minimum absolute atomic E-state index is 0.169. The molecule has 0 unspecified atom stereocenters. The summed E-state index contributed by atoms with van der Waals surface area (Å²) in [6, 6.07) is 11.7. The van der Waals surface area contributed by atoms with Gasteiger partial charge < -0.3 is 9.88 Å². The molecule has 94 valence electrons. The molecule has 1 fully saturated rings. The van der Waals surface area contributed by atoms with Crippen LogP contribution in [-0.4, -0.2) is 10.6 Å². The molecule has 1 saturated carbocycles. The van der Waals surface area contributed by atoms with Gasteiger partial charge >= 0.3 is 0 Å². The predicted octanol–water partition coefficient (Wildman–Crippen LogP) is 2.93. The van der Waals surface area contributed by atoms with Crippen molar-refractivity contribution in [3.63, 3.8) is 0 Å². The highest BCUT2D eigenvalue weighted by Gasteiger charge is 2.20. The molecule has 1 N–H and O–H groups in total. The fourth-order valence-corrected chi connectivity index (χ4v) is 2.13. The Hall–Kier alpha value is -1.61. The molecule has 0 amide bonds.